The molecule has 6 rings (SSSR count). The molecule has 0 radical (unpaired) electrons. The molecule has 0 saturated carbocycles. The van der Waals surface area contributed by atoms with Crippen LogP contribution in [-0.2, 0) is 5.54 Å². The highest BCUT2D eigenvalue weighted by Gasteiger charge is 2.42. The quantitative estimate of drug-likeness (QED) is 0.0640. The Morgan fingerprint density at radius 2 is 1.31 bits per heavy atom. The van der Waals surface area contributed by atoms with Crippen molar-refractivity contribution in [2.45, 2.75) is 22.1 Å². The maximum atomic E-state index is 14.7. The monoisotopic (exact) mass is 632 g/mol. The molecule has 0 unspecified atom stereocenters. The lowest BCUT2D eigenvalue weighted by Crippen LogP contribution is -2.40. The lowest BCUT2D eigenvalue weighted by atomic mass is 9.77. The molecule has 39 heavy (non-hydrogen) atoms. The molecule has 1 aromatic heterocycles. The van der Waals surface area contributed by atoms with Gasteiger partial charge in [0.1, 0.15) is 5.54 Å². The van der Waals surface area contributed by atoms with Crippen molar-refractivity contribution in [1.82, 2.24) is 9.78 Å². The van der Waals surface area contributed by atoms with Crippen LogP contribution in [0.2, 0.25) is 0 Å². The number of non-ortho nitro benzene ring substituents is 1. The average molecular weight is 632 g/mol. The minimum Gasteiger partial charge on any atom is -0.354 e. The Hall–Kier alpha value is -3.79. The van der Waals surface area contributed by atoms with Crippen molar-refractivity contribution >= 4 is 45.0 Å². The van der Waals surface area contributed by atoms with Crippen LogP contribution in [0.4, 0.5) is 15.9 Å². The second-order valence-corrected chi connectivity index (χ2v) is 11.8. The summed E-state index contributed by atoms with van der Waals surface area (Å²) in [6.07, 6.45) is 0.718. The van der Waals surface area contributed by atoms with E-state index in [1.54, 1.807) is 12.1 Å². The molecule has 0 bridgehead atoms. The predicted octanol–water partition coefficient (Wildman–Crippen LogP) is 7.49. The number of anilines is 1. The molecule has 1 aliphatic rings. The molecule has 0 spiro atoms. The van der Waals surface area contributed by atoms with Crippen LogP contribution in [0.5, 0.6) is 0 Å². The number of aromatic nitrogens is 2. The summed E-state index contributed by atoms with van der Waals surface area (Å²) in [5.74, 6) is 0.632. The molecule has 1 saturated heterocycles. The minimum absolute atomic E-state index is 0.00114. The fourth-order valence-electron chi connectivity index (χ4n) is 5.64. The zero-order valence-corrected chi connectivity index (χ0v) is 23.2. The van der Waals surface area contributed by atoms with E-state index in [9.17, 15) is 14.5 Å². The largest absolute Gasteiger partial charge is 0.354 e. The van der Waals surface area contributed by atoms with Gasteiger partial charge in [-0.2, -0.15) is 5.10 Å². The smallest absolute Gasteiger partial charge is 0.270 e. The van der Waals surface area contributed by atoms with E-state index in [0.29, 0.717) is 37.1 Å². The molecule has 6 nitrogen and oxygen atoms in total. The third kappa shape index (κ3) is 4.46. The van der Waals surface area contributed by atoms with Gasteiger partial charge < -0.3 is 4.90 Å². The number of benzene rings is 4. The van der Waals surface area contributed by atoms with Gasteiger partial charge >= 0.3 is 0 Å². The molecule has 1 aliphatic heterocycles. The van der Waals surface area contributed by atoms with E-state index in [1.807, 2.05) is 81.9 Å². The van der Waals surface area contributed by atoms with Gasteiger partial charge in [-0.25, -0.2) is 9.07 Å². The van der Waals surface area contributed by atoms with Crippen molar-refractivity contribution in [2.24, 2.45) is 0 Å². The zero-order valence-electron chi connectivity index (χ0n) is 21.1. The molecule has 0 atom stereocenters. The number of nitrogens with zero attached hydrogens (tertiary/aromatic N) is 4. The zero-order chi connectivity index (χ0) is 27.0. The van der Waals surface area contributed by atoms with Crippen molar-refractivity contribution in [1.29, 1.82) is 0 Å². The second kappa shape index (κ2) is 10.1. The molecule has 8 heteroatoms. The first-order valence-electron chi connectivity index (χ1n) is 12.9. The van der Waals surface area contributed by atoms with E-state index in [-0.39, 0.29) is 10.6 Å². The van der Waals surface area contributed by atoms with Crippen LogP contribution in [0, 0.1) is 10.1 Å². The molecule has 0 amide bonds. The Morgan fingerprint density at radius 3 is 1.77 bits per heavy atom. The normalized spacial score (nSPS) is 15.4. The van der Waals surface area contributed by atoms with E-state index in [2.05, 4.69) is 41.3 Å². The van der Waals surface area contributed by atoms with Crippen molar-refractivity contribution in [3.05, 3.63) is 136 Å². The number of halogens is 2. The molecule has 5 aromatic rings. The van der Waals surface area contributed by atoms with E-state index in [1.165, 1.54) is 6.07 Å². The minimum atomic E-state index is -1.26. The summed E-state index contributed by atoms with van der Waals surface area (Å²) in [4.78, 5) is 13.5. The van der Waals surface area contributed by atoms with Gasteiger partial charge in [0.25, 0.3) is 5.69 Å². The van der Waals surface area contributed by atoms with Crippen LogP contribution < -0.4 is 4.90 Å². The third-order valence-corrected chi connectivity index (χ3v) is 8.62. The number of piperidine rings is 1. The molecule has 2 heterocycles. The second-order valence-electron chi connectivity index (χ2n) is 9.85. The summed E-state index contributed by atoms with van der Waals surface area (Å²) in [5, 5.41) is 17.7. The Balaban J connectivity index is 1.71. The summed E-state index contributed by atoms with van der Waals surface area (Å²) in [7, 11) is 0. The summed E-state index contributed by atoms with van der Waals surface area (Å²) < 4.78 is 15.5. The highest BCUT2D eigenvalue weighted by atomic mass is 127. The van der Waals surface area contributed by atoms with Gasteiger partial charge in [-0.05, 0) is 45.3 Å². The molecule has 196 valence electrons. The number of hydrogen-bond donors (Lipinski definition) is 0. The van der Waals surface area contributed by atoms with Crippen LogP contribution in [0.3, 0.4) is 0 Å². The van der Waals surface area contributed by atoms with Gasteiger partial charge in [0.05, 0.1) is 15.8 Å². The average Bonchev–Trinajstić information content (AvgIpc) is 3.34. The van der Waals surface area contributed by atoms with E-state index >= 15 is 0 Å². The summed E-state index contributed by atoms with van der Waals surface area (Å²) in [6, 6.07) is 35.5. The maximum absolute atomic E-state index is 14.7. The van der Waals surface area contributed by atoms with Crippen molar-refractivity contribution in [3.63, 3.8) is 0 Å². The Bertz CT molecular complexity index is 1520. The van der Waals surface area contributed by atoms with Gasteiger partial charge in [-0.3, -0.25) is 10.1 Å². The van der Waals surface area contributed by atoms with Gasteiger partial charge in [0, 0.05) is 38.1 Å². The SMILES string of the molecule is O=[N+]([O-])c1ccc2c(c1)c(N1CCC(F)(I)CC1)nn2C(c1ccccc1)(c1ccccc1)c1ccccc1. The maximum Gasteiger partial charge on any atom is 0.270 e. The standard InChI is InChI=1S/C31H26FIN4O2/c32-30(33)18-20-35(21-19-30)29-27-22-26(37(38)39)16-17-28(27)36(34-29)31(23-10-4-1-5-11-23,24-12-6-2-7-13-24)25-14-8-3-9-15-25/h1-17,22H,18-21H2. The predicted molar refractivity (Wildman–Crippen MR) is 160 cm³/mol. The lowest BCUT2D eigenvalue weighted by molar-refractivity contribution is -0.384. The van der Waals surface area contributed by atoms with Gasteiger partial charge in [0.15, 0.2) is 9.49 Å². The van der Waals surface area contributed by atoms with Gasteiger partial charge in [0.2, 0.25) is 0 Å². The van der Waals surface area contributed by atoms with Gasteiger partial charge in [-0.15, -0.1) is 0 Å². The first-order chi connectivity index (χ1) is 18.9. The van der Waals surface area contributed by atoms with Crippen LogP contribution in [0.15, 0.2) is 109 Å². The summed E-state index contributed by atoms with van der Waals surface area (Å²) in [5.41, 5.74) is 2.90. The Labute approximate surface area is 239 Å². The van der Waals surface area contributed by atoms with Crippen LogP contribution in [0.25, 0.3) is 10.9 Å². The van der Waals surface area contributed by atoms with Crippen LogP contribution >= 0.6 is 22.6 Å². The molecule has 0 N–H and O–H groups in total. The van der Waals surface area contributed by atoms with E-state index < -0.39 is 9.21 Å². The van der Waals surface area contributed by atoms with Crippen LogP contribution in [0.1, 0.15) is 29.5 Å². The summed E-state index contributed by atoms with van der Waals surface area (Å²) in [6.45, 7) is 0.951. The highest BCUT2D eigenvalue weighted by molar-refractivity contribution is 14.1. The molecular formula is C31H26FIN4O2. The van der Waals surface area contributed by atoms with Crippen molar-refractivity contribution in [2.75, 3.05) is 18.0 Å². The number of fused-ring (bicyclic) bond motifs is 1. The number of alkyl halides is 2. The fourth-order valence-corrected chi connectivity index (χ4v) is 6.13. The van der Waals surface area contributed by atoms with E-state index in [0.717, 1.165) is 22.2 Å². The topological polar surface area (TPSA) is 64.2 Å². The first-order valence-corrected chi connectivity index (χ1v) is 13.9. The van der Waals surface area contributed by atoms with E-state index in [4.69, 9.17) is 5.10 Å². The fraction of sp³-hybridized carbons (Fsp3) is 0.194. The Morgan fingerprint density at radius 1 is 0.821 bits per heavy atom. The van der Waals surface area contributed by atoms with Crippen molar-refractivity contribution in [3.8, 4) is 0 Å². The van der Waals surface area contributed by atoms with Gasteiger partial charge in [-0.1, -0.05) is 91.0 Å². The molecular weight excluding hydrogens is 606 g/mol. The first kappa shape index (κ1) is 25.5. The Kier molecular flexibility index (Phi) is 6.58. The summed E-state index contributed by atoms with van der Waals surface area (Å²) >= 11 is 1.89. The number of nitro benzene ring substituents is 1. The number of rotatable bonds is 6. The van der Waals surface area contributed by atoms with Crippen LogP contribution in [-0.4, -0.2) is 31.5 Å². The van der Waals surface area contributed by atoms with Crippen molar-refractivity contribution < 1.29 is 9.31 Å². The lowest BCUT2D eigenvalue weighted by Gasteiger charge is -2.37. The third-order valence-electron chi connectivity index (χ3n) is 7.54. The number of hydrogen-bond acceptors (Lipinski definition) is 4. The number of nitro groups is 1. The molecule has 1 fully saturated rings. The molecule has 4 aromatic carbocycles. The molecule has 0 aliphatic carbocycles. The highest BCUT2D eigenvalue weighted by Crippen LogP contribution is 2.45.